The lowest BCUT2D eigenvalue weighted by atomic mass is 10.0. The van der Waals surface area contributed by atoms with E-state index in [0.29, 0.717) is 22.7 Å². The number of carbonyl (C=O) groups excluding carboxylic acids is 1. The molecule has 0 bridgehead atoms. The molecule has 0 saturated carbocycles. The van der Waals surface area contributed by atoms with E-state index in [1.807, 2.05) is 24.3 Å². The van der Waals surface area contributed by atoms with E-state index < -0.39 is 0 Å². The normalized spacial score (nSPS) is 12.8. The van der Waals surface area contributed by atoms with E-state index in [2.05, 4.69) is 34.5 Å². The van der Waals surface area contributed by atoms with Gasteiger partial charge in [0.25, 0.3) is 5.91 Å². The van der Waals surface area contributed by atoms with Gasteiger partial charge in [-0.15, -0.1) is 0 Å². The second-order valence-electron chi connectivity index (χ2n) is 7.37. The highest BCUT2D eigenvalue weighted by molar-refractivity contribution is 6.05. The van der Waals surface area contributed by atoms with Crippen LogP contribution in [0.3, 0.4) is 0 Å². The minimum atomic E-state index is -0.184. The van der Waals surface area contributed by atoms with Gasteiger partial charge < -0.3 is 19.7 Å². The van der Waals surface area contributed by atoms with E-state index in [0.717, 1.165) is 19.5 Å². The van der Waals surface area contributed by atoms with Gasteiger partial charge in [-0.05, 0) is 54.3 Å². The van der Waals surface area contributed by atoms with Gasteiger partial charge >= 0.3 is 0 Å². The molecule has 1 aliphatic rings. The highest BCUT2D eigenvalue weighted by Crippen LogP contribution is 2.30. The van der Waals surface area contributed by atoms with Gasteiger partial charge in [0, 0.05) is 30.4 Å². The molecule has 0 atom stereocenters. The Morgan fingerprint density at radius 1 is 1.00 bits per heavy atom. The smallest absolute Gasteiger partial charge is 0.255 e. The van der Waals surface area contributed by atoms with Crippen LogP contribution < -0.4 is 19.7 Å². The van der Waals surface area contributed by atoms with E-state index in [1.165, 1.54) is 23.2 Å². The van der Waals surface area contributed by atoms with Crippen LogP contribution in [0.4, 0.5) is 11.4 Å². The van der Waals surface area contributed by atoms with E-state index in [-0.39, 0.29) is 5.91 Å². The van der Waals surface area contributed by atoms with Crippen molar-refractivity contribution in [3.8, 4) is 11.5 Å². The van der Waals surface area contributed by atoms with E-state index in [4.69, 9.17) is 9.47 Å². The second-order valence-corrected chi connectivity index (χ2v) is 7.37. The summed E-state index contributed by atoms with van der Waals surface area (Å²) in [4.78, 5) is 15.1. The Hall–Kier alpha value is -3.47. The van der Waals surface area contributed by atoms with Crippen molar-refractivity contribution in [2.45, 2.75) is 19.4 Å². The van der Waals surface area contributed by atoms with Crippen LogP contribution in [0.25, 0.3) is 0 Å². The number of hydrogen-bond donors (Lipinski definition) is 1. The average Bonchev–Trinajstić information content (AvgIpc) is 2.79. The summed E-state index contributed by atoms with van der Waals surface area (Å²) in [5, 5.41) is 2.91. The summed E-state index contributed by atoms with van der Waals surface area (Å²) < 4.78 is 10.6. The number of carbonyl (C=O) groups is 1. The Morgan fingerprint density at radius 3 is 2.57 bits per heavy atom. The average molecular weight is 402 g/mol. The first kappa shape index (κ1) is 19.8. The van der Waals surface area contributed by atoms with E-state index in [9.17, 15) is 4.79 Å². The molecule has 5 nitrogen and oxygen atoms in total. The molecule has 0 radical (unpaired) electrons. The van der Waals surface area contributed by atoms with Gasteiger partial charge in [-0.25, -0.2) is 0 Å². The van der Waals surface area contributed by atoms with Gasteiger partial charge in [-0.2, -0.15) is 0 Å². The molecule has 0 aliphatic carbocycles. The highest BCUT2D eigenvalue weighted by atomic mass is 16.5. The lowest BCUT2D eigenvalue weighted by molar-refractivity contribution is 0.102. The van der Waals surface area contributed by atoms with Gasteiger partial charge in [0.2, 0.25) is 0 Å². The third kappa shape index (κ3) is 4.25. The van der Waals surface area contributed by atoms with Crippen LogP contribution in [0.1, 0.15) is 27.9 Å². The first-order chi connectivity index (χ1) is 14.7. The highest BCUT2D eigenvalue weighted by Gasteiger charge is 2.17. The van der Waals surface area contributed by atoms with E-state index >= 15 is 0 Å². The fourth-order valence-corrected chi connectivity index (χ4v) is 3.86. The molecule has 1 heterocycles. The van der Waals surface area contributed by atoms with Gasteiger partial charge in [-0.3, -0.25) is 4.79 Å². The number of benzene rings is 3. The topological polar surface area (TPSA) is 50.8 Å². The van der Waals surface area contributed by atoms with Crippen molar-refractivity contribution in [3.63, 3.8) is 0 Å². The summed E-state index contributed by atoms with van der Waals surface area (Å²) in [6, 6.07) is 21.7. The van der Waals surface area contributed by atoms with Crippen LogP contribution in [-0.4, -0.2) is 26.7 Å². The lowest BCUT2D eigenvalue weighted by Crippen LogP contribution is -2.28. The maximum atomic E-state index is 12.7. The number of nitrogens with zero attached hydrogens (tertiary/aromatic N) is 1. The molecule has 0 saturated heterocycles. The Bertz CT molecular complexity index is 1030. The number of para-hydroxylation sites is 1. The molecule has 154 valence electrons. The van der Waals surface area contributed by atoms with Crippen molar-refractivity contribution < 1.29 is 14.3 Å². The minimum absolute atomic E-state index is 0.184. The predicted octanol–water partition coefficient (Wildman–Crippen LogP) is 4.91. The molecule has 0 unspecified atom stereocenters. The van der Waals surface area contributed by atoms with Crippen molar-refractivity contribution in [2.75, 3.05) is 31.0 Å². The number of aryl methyl sites for hydroxylation is 1. The van der Waals surface area contributed by atoms with Crippen LogP contribution >= 0.6 is 0 Å². The number of fused-ring (bicyclic) bond motifs is 1. The Morgan fingerprint density at radius 2 is 1.80 bits per heavy atom. The molecule has 5 heteroatoms. The van der Waals surface area contributed by atoms with Crippen LogP contribution in [0.2, 0.25) is 0 Å². The number of methoxy groups -OCH3 is 2. The molecule has 1 amide bonds. The Balaban J connectivity index is 1.46. The molecule has 30 heavy (non-hydrogen) atoms. The zero-order valence-electron chi connectivity index (χ0n) is 17.4. The van der Waals surface area contributed by atoms with Crippen LogP contribution in [0.15, 0.2) is 66.7 Å². The number of hydrogen-bond acceptors (Lipinski definition) is 4. The molecule has 1 aliphatic heterocycles. The predicted molar refractivity (Wildman–Crippen MR) is 120 cm³/mol. The van der Waals surface area contributed by atoms with Crippen molar-refractivity contribution in [2.24, 2.45) is 0 Å². The van der Waals surface area contributed by atoms with Crippen LogP contribution in [-0.2, 0) is 13.0 Å². The van der Waals surface area contributed by atoms with Gasteiger partial charge in [0.05, 0.1) is 19.9 Å². The third-order valence-electron chi connectivity index (χ3n) is 5.45. The summed E-state index contributed by atoms with van der Waals surface area (Å²) in [6.07, 6.45) is 2.30. The lowest BCUT2D eigenvalue weighted by Gasteiger charge is -2.31. The van der Waals surface area contributed by atoms with Crippen molar-refractivity contribution in [3.05, 3.63) is 83.4 Å². The number of anilines is 2. The first-order valence-corrected chi connectivity index (χ1v) is 10.1. The molecule has 1 N–H and O–H groups in total. The molecule has 4 rings (SSSR count). The maximum Gasteiger partial charge on any atom is 0.255 e. The molecule has 0 spiro atoms. The Kier molecular flexibility index (Phi) is 5.89. The summed E-state index contributed by atoms with van der Waals surface area (Å²) in [7, 11) is 3.16. The number of amides is 1. The molecule has 3 aromatic carbocycles. The summed E-state index contributed by atoms with van der Waals surface area (Å²) in [5.74, 6) is 1.06. The number of rotatable bonds is 6. The minimum Gasteiger partial charge on any atom is -0.497 e. The van der Waals surface area contributed by atoms with Crippen LogP contribution in [0.5, 0.6) is 11.5 Å². The van der Waals surface area contributed by atoms with Crippen molar-refractivity contribution in [1.82, 2.24) is 0 Å². The standard InChI is InChI=1S/C25H26N2O3/c1-29-21-13-14-24(30-2)22(16-21)26-25(28)20-11-9-18(10-12-20)17-27-15-5-7-19-6-3-4-8-23(19)27/h3-4,6,8-14,16H,5,7,15,17H2,1-2H3,(H,26,28). The molecule has 0 fully saturated rings. The number of nitrogens with one attached hydrogen (secondary N) is 1. The quantitative estimate of drug-likeness (QED) is 0.637. The monoisotopic (exact) mass is 402 g/mol. The largest absolute Gasteiger partial charge is 0.497 e. The van der Waals surface area contributed by atoms with Gasteiger partial charge in [0.1, 0.15) is 11.5 Å². The third-order valence-corrected chi connectivity index (χ3v) is 5.45. The first-order valence-electron chi connectivity index (χ1n) is 10.1. The van der Waals surface area contributed by atoms with Gasteiger partial charge in [0.15, 0.2) is 0 Å². The van der Waals surface area contributed by atoms with Crippen molar-refractivity contribution >= 4 is 17.3 Å². The fraction of sp³-hybridized carbons (Fsp3) is 0.240. The SMILES string of the molecule is COc1ccc(OC)c(NC(=O)c2ccc(CN3CCCc4ccccc43)cc2)c1. The number of ether oxygens (including phenoxy) is 2. The van der Waals surface area contributed by atoms with Gasteiger partial charge in [-0.1, -0.05) is 30.3 Å². The zero-order valence-corrected chi connectivity index (χ0v) is 17.4. The fourth-order valence-electron chi connectivity index (χ4n) is 3.86. The van der Waals surface area contributed by atoms with Crippen molar-refractivity contribution in [1.29, 1.82) is 0 Å². The Labute approximate surface area is 177 Å². The molecule has 3 aromatic rings. The van der Waals surface area contributed by atoms with E-state index in [1.54, 1.807) is 32.4 Å². The summed E-state index contributed by atoms with van der Waals surface area (Å²) in [6.45, 7) is 1.89. The summed E-state index contributed by atoms with van der Waals surface area (Å²) >= 11 is 0. The molecular weight excluding hydrogens is 376 g/mol. The molecule has 0 aromatic heterocycles. The molecular formula is C25H26N2O3. The van der Waals surface area contributed by atoms with Crippen LogP contribution in [0, 0.1) is 0 Å². The second kappa shape index (κ2) is 8.91. The summed E-state index contributed by atoms with van der Waals surface area (Å²) in [5.41, 5.74) is 5.09. The zero-order chi connectivity index (χ0) is 20.9. The maximum absolute atomic E-state index is 12.7.